The van der Waals surface area contributed by atoms with Crippen molar-refractivity contribution in [2.45, 2.75) is 6.92 Å². The average molecular weight is 177 g/mol. The van der Waals surface area contributed by atoms with Gasteiger partial charge in [-0.25, -0.2) is 4.79 Å². The van der Waals surface area contributed by atoms with Gasteiger partial charge in [-0.05, 0) is 18.6 Å². The lowest BCUT2D eigenvalue weighted by Crippen LogP contribution is -2.10. The highest BCUT2D eigenvalue weighted by Crippen LogP contribution is 2.06. The summed E-state index contributed by atoms with van der Waals surface area (Å²) in [6, 6.07) is 9.49. The molecule has 3 nitrogen and oxygen atoms in total. The van der Waals surface area contributed by atoms with E-state index >= 15 is 0 Å². The zero-order valence-corrected chi connectivity index (χ0v) is 7.36. The quantitative estimate of drug-likeness (QED) is 0.550. The molecule has 0 fully saturated rings. The minimum absolute atomic E-state index is 0.480. The molecule has 0 amide bonds. The van der Waals surface area contributed by atoms with Crippen LogP contribution >= 0.6 is 0 Å². The highest BCUT2D eigenvalue weighted by molar-refractivity contribution is 5.92. The predicted molar refractivity (Wildman–Crippen MR) is 50.4 cm³/mol. The molecule has 13 heavy (non-hydrogen) atoms. The van der Waals surface area contributed by atoms with E-state index in [0.29, 0.717) is 5.57 Å². The fraction of sp³-hybridized carbons (Fsp3) is 0.100. The van der Waals surface area contributed by atoms with E-state index in [1.54, 1.807) is 13.0 Å². The third-order valence-electron chi connectivity index (χ3n) is 1.61. The van der Waals surface area contributed by atoms with Crippen molar-refractivity contribution in [3.63, 3.8) is 0 Å². The predicted octanol–water partition coefficient (Wildman–Crippen LogP) is 1.51. The van der Waals surface area contributed by atoms with Crippen LogP contribution in [0.1, 0.15) is 12.5 Å². The third kappa shape index (κ3) is 2.72. The Labute approximate surface area is 76.8 Å². The first-order valence-corrected chi connectivity index (χ1v) is 3.88. The van der Waals surface area contributed by atoms with Crippen molar-refractivity contribution in [2.75, 3.05) is 0 Å². The van der Waals surface area contributed by atoms with E-state index in [0.717, 1.165) is 5.56 Å². The number of carbonyl (C=O) groups is 1. The van der Waals surface area contributed by atoms with E-state index in [-0.39, 0.29) is 0 Å². The van der Waals surface area contributed by atoms with Crippen LogP contribution in [0.15, 0.2) is 35.9 Å². The Morgan fingerprint density at radius 3 is 2.54 bits per heavy atom. The third-order valence-corrected chi connectivity index (χ3v) is 1.61. The molecule has 1 aromatic carbocycles. The molecular weight excluding hydrogens is 166 g/mol. The van der Waals surface area contributed by atoms with Crippen LogP contribution in [0.3, 0.4) is 0 Å². The minimum atomic E-state index is -0.510. The lowest BCUT2D eigenvalue weighted by atomic mass is 10.1. The standard InChI is InChI=1S/C10H11NO2/c1-8(10(12)13-11)7-9-5-3-2-4-6-9/h2-7H,11H2,1H3. The first-order valence-electron chi connectivity index (χ1n) is 3.88. The Bertz CT molecular complexity index is 317. The first kappa shape index (κ1) is 9.48. The molecular formula is C10H11NO2. The lowest BCUT2D eigenvalue weighted by molar-refractivity contribution is -0.139. The molecule has 0 bridgehead atoms. The summed E-state index contributed by atoms with van der Waals surface area (Å²) in [5.41, 5.74) is 1.43. The number of benzene rings is 1. The molecule has 0 saturated heterocycles. The summed E-state index contributed by atoms with van der Waals surface area (Å²) in [4.78, 5) is 15.0. The molecule has 0 aromatic heterocycles. The summed E-state index contributed by atoms with van der Waals surface area (Å²) in [6.45, 7) is 1.65. The molecule has 3 heteroatoms. The van der Waals surface area contributed by atoms with Crippen molar-refractivity contribution in [2.24, 2.45) is 5.90 Å². The fourth-order valence-corrected chi connectivity index (χ4v) is 0.951. The molecule has 0 atom stereocenters. The van der Waals surface area contributed by atoms with Gasteiger partial charge in [-0.3, -0.25) is 0 Å². The summed E-state index contributed by atoms with van der Waals surface area (Å²) in [5.74, 6) is 4.23. The Kier molecular flexibility index (Phi) is 3.23. The Morgan fingerprint density at radius 2 is 2.00 bits per heavy atom. The van der Waals surface area contributed by atoms with Crippen LogP contribution in [-0.4, -0.2) is 5.97 Å². The van der Waals surface area contributed by atoms with E-state index in [1.807, 2.05) is 30.3 Å². The van der Waals surface area contributed by atoms with Crippen molar-refractivity contribution >= 4 is 12.0 Å². The van der Waals surface area contributed by atoms with Gasteiger partial charge in [0.05, 0.1) is 0 Å². The Balaban J connectivity index is 2.83. The van der Waals surface area contributed by atoms with Crippen LogP contribution in [-0.2, 0) is 9.63 Å². The number of hydrogen-bond acceptors (Lipinski definition) is 3. The molecule has 2 N–H and O–H groups in total. The van der Waals surface area contributed by atoms with Crippen molar-refractivity contribution < 1.29 is 9.63 Å². The summed E-state index contributed by atoms with van der Waals surface area (Å²) in [6.07, 6.45) is 1.72. The van der Waals surface area contributed by atoms with E-state index in [2.05, 4.69) is 4.84 Å². The van der Waals surface area contributed by atoms with E-state index in [4.69, 9.17) is 5.90 Å². The summed E-state index contributed by atoms with van der Waals surface area (Å²) >= 11 is 0. The summed E-state index contributed by atoms with van der Waals surface area (Å²) in [5, 5.41) is 0. The largest absolute Gasteiger partial charge is 0.370 e. The van der Waals surface area contributed by atoms with Gasteiger partial charge in [0.15, 0.2) is 0 Å². The summed E-state index contributed by atoms with van der Waals surface area (Å²) in [7, 11) is 0. The smallest absolute Gasteiger partial charge is 0.352 e. The highest BCUT2D eigenvalue weighted by Gasteiger charge is 2.02. The van der Waals surface area contributed by atoms with Gasteiger partial charge in [0.2, 0.25) is 0 Å². The molecule has 68 valence electrons. The monoisotopic (exact) mass is 177 g/mol. The van der Waals surface area contributed by atoms with Gasteiger partial charge in [-0.1, -0.05) is 30.3 Å². The number of nitrogens with two attached hydrogens (primary N) is 1. The van der Waals surface area contributed by atoms with Crippen molar-refractivity contribution in [1.82, 2.24) is 0 Å². The summed E-state index contributed by atoms with van der Waals surface area (Å²) < 4.78 is 0. The molecule has 0 unspecified atom stereocenters. The molecule has 0 aliphatic rings. The van der Waals surface area contributed by atoms with Gasteiger partial charge < -0.3 is 4.84 Å². The molecule has 0 aliphatic heterocycles. The van der Waals surface area contributed by atoms with Crippen LogP contribution in [0, 0.1) is 0 Å². The molecule has 0 aliphatic carbocycles. The van der Waals surface area contributed by atoms with E-state index < -0.39 is 5.97 Å². The van der Waals surface area contributed by atoms with Crippen molar-refractivity contribution in [1.29, 1.82) is 0 Å². The Morgan fingerprint density at radius 1 is 1.38 bits per heavy atom. The van der Waals surface area contributed by atoms with Crippen LogP contribution < -0.4 is 5.90 Å². The highest BCUT2D eigenvalue weighted by atomic mass is 16.7. The van der Waals surface area contributed by atoms with Crippen LogP contribution in [0.2, 0.25) is 0 Å². The van der Waals surface area contributed by atoms with E-state index in [1.165, 1.54) is 0 Å². The number of rotatable bonds is 2. The lowest BCUT2D eigenvalue weighted by Gasteiger charge is -1.97. The second kappa shape index (κ2) is 4.42. The van der Waals surface area contributed by atoms with Crippen molar-refractivity contribution in [3.05, 3.63) is 41.5 Å². The van der Waals surface area contributed by atoms with Crippen molar-refractivity contribution in [3.8, 4) is 0 Å². The van der Waals surface area contributed by atoms with Gasteiger partial charge in [-0.15, -0.1) is 0 Å². The molecule has 0 heterocycles. The van der Waals surface area contributed by atoms with Gasteiger partial charge in [-0.2, -0.15) is 5.90 Å². The van der Waals surface area contributed by atoms with Gasteiger partial charge >= 0.3 is 5.97 Å². The molecule has 0 saturated carbocycles. The number of hydrogen-bond donors (Lipinski definition) is 1. The average Bonchev–Trinajstić information content (AvgIpc) is 2.18. The normalized spacial score (nSPS) is 11.1. The maximum Gasteiger partial charge on any atom is 0.352 e. The zero-order valence-electron chi connectivity index (χ0n) is 7.36. The van der Waals surface area contributed by atoms with Crippen LogP contribution in [0.4, 0.5) is 0 Å². The Hall–Kier alpha value is -1.61. The number of carbonyl (C=O) groups excluding carboxylic acids is 1. The maximum atomic E-state index is 10.9. The second-order valence-corrected chi connectivity index (χ2v) is 2.64. The first-order chi connectivity index (χ1) is 6.24. The van der Waals surface area contributed by atoms with Crippen LogP contribution in [0.5, 0.6) is 0 Å². The minimum Gasteiger partial charge on any atom is -0.370 e. The van der Waals surface area contributed by atoms with Crippen LogP contribution in [0.25, 0.3) is 6.08 Å². The molecule has 0 radical (unpaired) electrons. The van der Waals surface area contributed by atoms with E-state index in [9.17, 15) is 4.79 Å². The molecule has 1 aromatic rings. The van der Waals surface area contributed by atoms with Gasteiger partial charge in [0.1, 0.15) is 0 Å². The zero-order chi connectivity index (χ0) is 9.68. The topological polar surface area (TPSA) is 52.3 Å². The fourth-order valence-electron chi connectivity index (χ4n) is 0.951. The van der Waals surface area contributed by atoms with Gasteiger partial charge in [0, 0.05) is 5.57 Å². The molecule has 1 rings (SSSR count). The van der Waals surface area contributed by atoms with Gasteiger partial charge in [0.25, 0.3) is 0 Å². The SMILES string of the molecule is CC(=Cc1ccccc1)C(=O)ON. The molecule has 0 spiro atoms. The second-order valence-electron chi connectivity index (χ2n) is 2.64. The maximum absolute atomic E-state index is 10.9.